The van der Waals surface area contributed by atoms with E-state index in [4.69, 9.17) is 5.84 Å². The van der Waals surface area contributed by atoms with Gasteiger partial charge in [0, 0.05) is 16.2 Å². The molecular formula is C14H22N2S. The van der Waals surface area contributed by atoms with Crippen LogP contribution >= 0.6 is 11.8 Å². The lowest BCUT2D eigenvalue weighted by Crippen LogP contribution is -2.46. The van der Waals surface area contributed by atoms with E-state index >= 15 is 0 Å². The fourth-order valence-electron chi connectivity index (χ4n) is 2.68. The van der Waals surface area contributed by atoms with Gasteiger partial charge in [0.25, 0.3) is 0 Å². The zero-order valence-corrected chi connectivity index (χ0v) is 11.5. The van der Waals surface area contributed by atoms with Gasteiger partial charge in [-0.2, -0.15) is 0 Å². The van der Waals surface area contributed by atoms with Crippen LogP contribution in [0.2, 0.25) is 0 Å². The van der Waals surface area contributed by atoms with Gasteiger partial charge in [-0.25, -0.2) is 0 Å². The predicted octanol–water partition coefficient (Wildman–Crippen LogP) is 2.97. The summed E-state index contributed by atoms with van der Waals surface area (Å²) in [6.07, 6.45) is 3.61. The molecule has 3 heteroatoms. The fourth-order valence-corrected chi connectivity index (χ4v) is 4.22. The molecule has 3 N–H and O–H groups in total. The van der Waals surface area contributed by atoms with Crippen LogP contribution in [0.1, 0.15) is 32.3 Å². The van der Waals surface area contributed by atoms with Gasteiger partial charge in [-0.05, 0) is 30.4 Å². The van der Waals surface area contributed by atoms with Gasteiger partial charge in [0.1, 0.15) is 0 Å². The van der Waals surface area contributed by atoms with Crippen LogP contribution in [0.3, 0.4) is 0 Å². The number of rotatable bonds is 5. The second kappa shape index (κ2) is 5.89. The largest absolute Gasteiger partial charge is 0.271 e. The summed E-state index contributed by atoms with van der Waals surface area (Å²) in [6, 6.07) is 9.11. The molecule has 1 aliphatic heterocycles. The number of hydrogen-bond donors (Lipinski definition) is 2. The molecule has 0 aromatic heterocycles. The van der Waals surface area contributed by atoms with Crippen LogP contribution < -0.4 is 11.3 Å². The molecule has 1 aromatic rings. The summed E-state index contributed by atoms with van der Waals surface area (Å²) in [5.74, 6) is 6.39. The minimum absolute atomic E-state index is 0.410. The highest BCUT2D eigenvalue weighted by atomic mass is 32.2. The first-order valence-corrected chi connectivity index (χ1v) is 7.35. The van der Waals surface area contributed by atoms with Crippen molar-refractivity contribution in [3.05, 3.63) is 29.8 Å². The summed E-state index contributed by atoms with van der Waals surface area (Å²) in [7, 11) is 0. The van der Waals surface area contributed by atoms with Crippen LogP contribution in [0.5, 0.6) is 0 Å². The summed E-state index contributed by atoms with van der Waals surface area (Å²) in [5.41, 5.74) is 4.52. The molecule has 2 rings (SSSR count). The van der Waals surface area contributed by atoms with Crippen molar-refractivity contribution in [1.29, 1.82) is 0 Å². The first-order valence-electron chi connectivity index (χ1n) is 6.47. The number of thioether (sulfide) groups is 1. The van der Waals surface area contributed by atoms with Gasteiger partial charge >= 0.3 is 0 Å². The van der Waals surface area contributed by atoms with Crippen molar-refractivity contribution in [2.45, 2.75) is 49.3 Å². The summed E-state index contributed by atoms with van der Waals surface area (Å²) < 4.78 is 0. The van der Waals surface area contributed by atoms with E-state index in [1.165, 1.54) is 23.3 Å². The van der Waals surface area contributed by atoms with Crippen molar-refractivity contribution < 1.29 is 0 Å². The molecule has 1 heterocycles. The molecule has 0 saturated carbocycles. The lowest BCUT2D eigenvalue weighted by molar-refractivity contribution is 0.350. The van der Waals surface area contributed by atoms with Crippen LogP contribution in [-0.2, 0) is 6.42 Å². The maximum Gasteiger partial charge on any atom is 0.0361 e. The zero-order chi connectivity index (χ0) is 12.3. The van der Waals surface area contributed by atoms with Crippen molar-refractivity contribution >= 4 is 11.8 Å². The first kappa shape index (κ1) is 12.9. The third-order valence-corrected chi connectivity index (χ3v) is 5.04. The van der Waals surface area contributed by atoms with Crippen LogP contribution in [0.15, 0.2) is 29.2 Å². The number of benzene rings is 1. The molecule has 0 amide bonds. The van der Waals surface area contributed by atoms with E-state index in [0.717, 1.165) is 6.42 Å². The standard InChI is InChI=1S/C14H22N2S/c1-3-6-10(2)14(16-15)13-9-11-7-4-5-8-12(11)17-13/h4-5,7-8,10,13-14,16H,3,6,9,15H2,1-2H3. The molecule has 3 atom stereocenters. The van der Waals surface area contributed by atoms with Gasteiger partial charge in [0.05, 0.1) is 0 Å². The Kier molecular flexibility index (Phi) is 4.48. The van der Waals surface area contributed by atoms with E-state index in [9.17, 15) is 0 Å². The third kappa shape index (κ3) is 2.84. The Labute approximate surface area is 108 Å². The minimum Gasteiger partial charge on any atom is -0.271 e. The summed E-state index contributed by atoms with van der Waals surface area (Å²) in [4.78, 5) is 1.43. The number of hydrogen-bond acceptors (Lipinski definition) is 3. The number of hydrazine groups is 1. The summed E-state index contributed by atoms with van der Waals surface area (Å²) in [5, 5.41) is 0.582. The quantitative estimate of drug-likeness (QED) is 0.623. The molecule has 0 radical (unpaired) electrons. The van der Waals surface area contributed by atoms with Gasteiger partial charge in [0.15, 0.2) is 0 Å². The van der Waals surface area contributed by atoms with Crippen molar-refractivity contribution in [2.75, 3.05) is 0 Å². The fraction of sp³-hybridized carbons (Fsp3) is 0.571. The Morgan fingerprint density at radius 3 is 2.88 bits per heavy atom. The highest BCUT2D eigenvalue weighted by Gasteiger charge is 2.31. The third-order valence-electron chi connectivity index (χ3n) is 3.62. The lowest BCUT2D eigenvalue weighted by Gasteiger charge is -2.27. The van der Waals surface area contributed by atoms with Crippen molar-refractivity contribution in [2.24, 2.45) is 11.8 Å². The Morgan fingerprint density at radius 2 is 2.24 bits per heavy atom. The van der Waals surface area contributed by atoms with E-state index in [1.54, 1.807) is 0 Å². The van der Waals surface area contributed by atoms with E-state index in [0.29, 0.717) is 17.2 Å². The Morgan fingerprint density at radius 1 is 1.47 bits per heavy atom. The minimum atomic E-state index is 0.410. The smallest absolute Gasteiger partial charge is 0.0361 e. The van der Waals surface area contributed by atoms with Gasteiger partial charge in [-0.1, -0.05) is 38.5 Å². The highest BCUT2D eigenvalue weighted by molar-refractivity contribution is 8.00. The number of nitrogens with two attached hydrogens (primary N) is 1. The van der Waals surface area contributed by atoms with Crippen LogP contribution in [0, 0.1) is 5.92 Å². The van der Waals surface area contributed by atoms with E-state index < -0.39 is 0 Å². The molecule has 0 fully saturated rings. The molecule has 0 aliphatic carbocycles. The van der Waals surface area contributed by atoms with E-state index in [-0.39, 0.29) is 0 Å². The van der Waals surface area contributed by atoms with Crippen molar-refractivity contribution in [3.8, 4) is 0 Å². The molecule has 0 spiro atoms. The Balaban J connectivity index is 2.05. The van der Waals surface area contributed by atoms with E-state index in [2.05, 4.69) is 43.5 Å². The average Bonchev–Trinajstić information content (AvgIpc) is 2.73. The maximum absolute atomic E-state index is 5.76. The van der Waals surface area contributed by atoms with Gasteiger partial charge in [-0.3, -0.25) is 11.3 Å². The van der Waals surface area contributed by atoms with Crippen molar-refractivity contribution in [1.82, 2.24) is 5.43 Å². The molecular weight excluding hydrogens is 228 g/mol. The Hall–Kier alpha value is -0.510. The number of nitrogens with one attached hydrogen (secondary N) is 1. The maximum atomic E-state index is 5.76. The topological polar surface area (TPSA) is 38.0 Å². The monoisotopic (exact) mass is 250 g/mol. The van der Waals surface area contributed by atoms with E-state index in [1.807, 2.05) is 11.8 Å². The molecule has 94 valence electrons. The van der Waals surface area contributed by atoms with Crippen LogP contribution in [0.4, 0.5) is 0 Å². The molecule has 1 aliphatic rings. The lowest BCUT2D eigenvalue weighted by atomic mass is 9.92. The second-order valence-corrected chi connectivity index (χ2v) is 6.21. The molecule has 3 unspecified atom stereocenters. The van der Waals surface area contributed by atoms with Gasteiger partial charge < -0.3 is 0 Å². The average molecular weight is 250 g/mol. The molecule has 1 aromatic carbocycles. The van der Waals surface area contributed by atoms with Crippen LogP contribution in [0.25, 0.3) is 0 Å². The highest BCUT2D eigenvalue weighted by Crippen LogP contribution is 2.40. The van der Waals surface area contributed by atoms with Gasteiger partial charge in [0.2, 0.25) is 0 Å². The predicted molar refractivity (Wildman–Crippen MR) is 75.0 cm³/mol. The Bertz CT molecular complexity index is 342. The zero-order valence-electron chi connectivity index (χ0n) is 10.6. The SMILES string of the molecule is CCCC(C)C(NN)C1Cc2ccccc2S1. The molecule has 2 nitrogen and oxygen atoms in total. The first-order chi connectivity index (χ1) is 8.26. The van der Waals surface area contributed by atoms with Crippen molar-refractivity contribution in [3.63, 3.8) is 0 Å². The van der Waals surface area contributed by atoms with Crippen LogP contribution in [-0.4, -0.2) is 11.3 Å². The summed E-state index contributed by atoms with van der Waals surface area (Å²) in [6.45, 7) is 4.54. The molecule has 0 saturated heterocycles. The number of fused-ring (bicyclic) bond motifs is 1. The normalized spacial score (nSPS) is 22.2. The second-order valence-electron chi connectivity index (χ2n) is 4.93. The van der Waals surface area contributed by atoms with Gasteiger partial charge in [-0.15, -0.1) is 11.8 Å². The molecule has 0 bridgehead atoms. The summed E-state index contributed by atoms with van der Waals surface area (Å²) >= 11 is 1.98. The molecule has 17 heavy (non-hydrogen) atoms.